The van der Waals surface area contributed by atoms with Gasteiger partial charge in [-0.2, -0.15) is 0 Å². The third-order valence-electron chi connectivity index (χ3n) is 3.24. The maximum Gasteiger partial charge on any atom is 0.370 e. The number of hydrogen-bond donors (Lipinski definition) is 6. The van der Waals surface area contributed by atoms with Crippen LogP contribution in [-0.2, 0) is 14.3 Å². The molecular weight excluding hydrogens is 298 g/mol. The second kappa shape index (κ2) is 8.08. The summed E-state index contributed by atoms with van der Waals surface area (Å²) in [6.07, 6.45) is -4.54. The summed E-state index contributed by atoms with van der Waals surface area (Å²) in [5.74, 6) is -2.49. The molecule has 0 aromatic carbocycles. The highest BCUT2D eigenvalue weighted by Gasteiger charge is 2.43. The molecule has 9 nitrogen and oxygen atoms in total. The van der Waals surface area contributed by atoms with Crippen LogP contribution in [0.4, 0.5) is 0 Å². The first kappa shape index (κ1) is 18.4. The summed E-state index contributed by atoms with van der Waals surface area (Å²) in [4.78, 5) is 22.6. The molecule has 1 rings (SSSR count). The number of carbonyl (C=O) groups is 2. The molecule has 1 aliphatic heterocycles. The van der Waals surface area contributed by atoms with Gasteiger partial charge >= 0.3 is 5.97 Å². The van der Waals surface area contributed by atoms with Crippen LogP contribution in [0.2, 0.25) is 0 Å². The van der Waals surface area contributed by atoms with Crippen LogP contribution in [0.25, 0.3) is 0 Å². The predicted octanol–water partition coefficient (Wildman–Crippen LogP) is -2.29. The molecule has 0 aromatic heterocycles. The van der Waals surface area contributed by atoms with Crippen molar-refractivity contribution in [1.82, 2.24) is 5.32 Å². The average molecular weight is 319 g/mol. The van der Waals surface area contributed by atoms with Crippen molar-refractivity contribution in [3.8, 4) is 0 Å². The molecular formula is C13H21NO8. The van der Waals surface area contributed by atoms with E-state index in [4.69, 9.17) is 14.9 Å². The second-order valence-electron chi connectivity index (χ2n) is 4.99. The monoisotopic (exact) mass is 319 g/mol. The summed E-state index contributed by atoms with van der Waals surface area (Å²) in [5.41, 5.74) is 0. The van der Waals surface area contributed by atoms with E-state index in [0.29, 0.717) is 6.42 Å². The number of rotatable bonds is 7. The van der Waals surface area contributed by atoms with Crippen molar-refractivity contribution in [1.29, 1.82) is 0 Å². The van der Waals surface area contributed by atoms with Gasteiger partial charge in [0.05, 0.1) is 12.6 Å². The lowest BCUT2D eigenvalue weighted by Gasteiger charge is -2.38. The van der Waals surface area contributed by atoms with Gasteiger partial charge in [-0.25, -0.2) is 4.79 Å². The molecule has 0 saturated carbocycles. The summed E-state index contributed by atoms with van der Waals surface area (Å²) in [5, 5.41) is 49.7. The van der Waals surface area contributed by atoms with Crippen LogP contribution in [0.15, 0.2) is 11.8 Å². The van der Waals surface area contributed by atoms with Gasteiger partial charge in [-0.05, 0) is 12.5 Å². The summed E-state index contributed by atoms with van der Waals surface area (Å²) in [6, 6.07) is -1.15. The fourth-order valence-electron chi connectivity index (χ4n) is 2.10. The number of aliphatic hydroxyl groups is 4. The number of aliphatic hydroxyl groups excluding tert-OH is 4. The van der Waals surface area contributed by atoms with Gasteiger partial charge in [-0.1, -0.05) is 6.92 Å². The molecule has 0 bridgehead atoms. The van der Waals surface area contributed by atoms with E-state index in [2.05, 4.69) is 5.32 Å². The SMILES string of the molecule is CCCC(=O)NC1C(C(O)C(O)CO)OC(C(=O)O)=C[C@H]1O. The molecule has 6 N–H and O–H groups in total. The molecule has 0 fully saturated rings. The molecule has 126 valence electrons. The van der Waals surface area contributed by atoms with Crippen molar-refractivity contribution in [2.75, 3.05) is 6.61 Å². The number of carboxylic acid groups (broad SMARTS) is 1. The topological polar surface area (TPSA) is 157 Å². The highest BCUT2D eigenvalue weighted by Crippen LogP contribution is 2.23. The van der Waals surface area contributed by atoms with Gasteiger partial charge in [0.2, 0.25) is 11.7 Å². The van der Waals surface area contributed by atoms with Gasteiger partial charge in [0, 0.05) is 6.42 Å². The van der Waals surface area contributed by atoms with Crippen LogP contribution in [0, 0.1) is 0 Å². The van der Waals surface area contributed by atoms with Crippen molar-refractivity contribution >= 4 is 11.9 Å². The zero-order chi connectivity index (χ0) is 16.9. The van der Waals surface area contributed by atoms with Gasteiger partial charge in [0.25, 0.3) is 0 Å². The third kappa shape index (κ3) is 4.41. The molecule has 0 aromatic rings. The summed E-state index contributed by atoms with van der Waals surface area (Å²) in [7, 11) is 0. The highest BCUT2D eigenvalue weighted by atomic mass is 16.5. The maximum absolute atomic E-state index is 11.7. The standard InChI is InChI=1S/C13H21NO8/c1-2-3-9(18)14-10-6(16)4-8(13(20)21)22-12(10)11(19)7(17)5-15/h4,6-7,10-12,15-17,19H,2-3,5H2,1H3,(H,14,18)(H,20,21)/t6-,7?,10?,11?,12?/m1/s1. The Kier molecular flexibility index (Phi) is 6.75. The number of carbonyl (C=O) groups excluding carboxylic acids is 1. The van der Waals surface area contributed by atoms with Crippen LogP contribution in [0.5, 0.6) is 0 Å². The molecule has 1 heterocycles. The third-order valence-corrected chi connectivity index (χ3v) is 3.24. The number of ether oxygens (including phenoxy) is 1. The van der Waals surface area contributed by atoms with Crippen molar-refractivity contribution < 1.29 is 39.9 Å². The van der Waals surface area contributed by atoms with E-state index < -0.39 is 54.7 Å². The first-order valence-corrected chi connectivity index (χ1v) is 6.88. The Morgan fingerprint density at radius 2 is 2.05 bits per heavy atom. The number of nitrogens with one attached hydrogen (secondary N) is 1. The van der Waals surface area contributed by atoms with Crippen LogP contribution in [0.1, 0.15) is 19.8 Å². The van der Waals surface area contributed by atoms with Gasteiger partial charge < -0.3 is 35.6 Å². The van der Waals surface area contributed by atoms with E-state index in [1.54, 1.807) is 6.92 Å². The number of amides is 1. The smallest absolute Gasteiger partial charge is 0.370 e. The first-order chi connectivity index (χ1) is 10.3. The van der Waals surface area contributed by atoms with Crippen LogP contribution in [0.3, 0.4) is 0 Å². The Morgan fingerprint density at radius 3 is 2.55 bits per heavy atom. The largest absolute Gasteiger partial charge is 0.478 e. The number of hydrogen-bond acceptors (Lipinski definition) is 7. The molecule has 0 radical (unpaired) electrons. The lowest BCUT2D eigenvalue weighted by atomic mass is 9.93. The van der Waals surface area contributed by atoms with Crippen molar-refractivity contribution in [3.63, 3.8) is 0 Å². The predicted molar refractivity (Wildman–Crippen MR) is 72.5 cm³/mol. The van der Waals surface area contributed by atoms with Crippen molar-refractivity contribution in [2.45, 2.75) is 50.2 Å². The maximum atomic E-state index is 11.7. The molecule has 9 heteroatoms. The molecule has 22 heavy (non-hydrogen) atoms. The molecule has 4 unspecified atom stereocenters. The van der Waals surface area contributed by atoms with Gasteiger partial charge in [0.15, 0.2) is 6.10 Å². The van der Waals surface area contributed by atoms with E-state index in [1.165, 1.54) is 0 Å². The minimum atomic E-state index is -1.70. The Balaban J connectivity index is 3.01. The lowest BCUT2D eigenvalue weighted by molar-refractivity contribution is -0.149. The van der Waals surface area contributed by atoms with Gasteiger partial charge in [-0.3, -0.25) is 4.79 Å². The number of carboxylic acids is 1. The summed E-state index contributed by atoms with van der Waals surface area (Å²) in [6.45, 7) is 0.983. The second-order valence-corrected chi connectivity index (χ2v) is 4.99. The van der Waals surface area contributed by atoms with E-state index >= 15 is 0 Å². The molecule has 0 aliphatic carbocycles. The zero-order valence-electron chi connectivity index (χ0n) is 12.0. The molecule has 0 spiro atoms. The van der Waals surface area contributed by atoms with Crippen LogP contribution >= 0.6 is 0 Å². The lowest BCUT2D eigenvalue weighted by Crippen LogP contribution is -2.60. The quantitative estimate of drug-likeness (QED) is 0.306. The van der Waals surface area contributed by atoms with E-state index in [9.17, 15) is 24.9 Å². The first-order valence-electron chi connectivity index (χ1n) is 6.88. The normalized spacial score (nSPS) is 27.3. The zero-order valence-corrected chi connectivity index (χ0v) is 12.0. The van der Waals surface area contributed by atoms with Gasteiger partial charge in [0.1, 0.15) is 18.3 Å². The van der Waals surface area contributed by atoms with Crippen molar-refractivity contribution in [3.05, 3.63) is 11.8 Å². The highest BCUT2D eigenvalue weighted by molar-refractivity contribution is 5.84. The minimum absolute atomic E-state index is 0.171. The molecule has 0 saturated heterocycles. The average Bonchev–Trinajstić information content (AvgIpc) is 2.47. The number of aliphatic carboxylic acids is 1. The minimum Gasteiger partial charge on any atom is -0.478 e. The van der Waals surface area contributed by atoms with Crippen LogP contribution < -0.4 is 5.32 Å². The summed E-state index contributed by atoms with van der Waals surface area (Å²) < 4.78 is 5.06. The molecule has 1 aliphatic rings. The summed E-state index contributed by atoms with van der Waals surface area (Å²) >= 11 is 0. The van der Waals surface area contributed by atoms with E-state index in [0.717, 1.165) is 6.08 Å². The van der Waals surface area contributed by atoms with Crippen molar-refractivity contribution in [2.24, 2.45) is 0 Å². The fourth-order valence-corrected chi connectivity index (χ4v) is 2.10. The molecule has 1 amide bonds. The molecule has 5 atom stereocenters. The Bertz CT molecular complexity index is 438. The Hall–Kier alpha value is -1.68. The van der Waals surface area contributed by atoms with Crippen LogP contribution in [-0.4, -0.2) is 74.5 Å². The Morgan fingerprint density at radius 1 is 1.41 bits per heavy atom. The van der Waals surface area contributed by atoms with Gasteiger partial charge in [-0.15, -0.1) is 0 Å². The Labute approximate surface area is 126 Å². The fraction of sp³-hybridized carbons (Fsp3) is 0.692. The van der Waals surface area contributed by atoms with E-state index in [-0.39, 0.29) is 6.42 Å². The van der Waals surface area contributed by atoms with E-state index in [1.807, 2.05) is 0 Å².